The molecule has 2 N–H and O–H groups in total. The van der Waals surface area contributed by atoms with Crippen LogP contribution in [0.4, 0.5) is 0 Å². The number of benzene rings is 1. The van der Waals surface area contributed by atoms with Crippen molar-refractivity contribution in [2.45, 2.75) is 45.9 Å². The molecule has 0 bridgehead atoms. The van der Waals surface area contributed by atoms with Crippen LogP contribution in [0.25, 0.3) is 0 Å². The lowest BCUT2D eigenvalue weighted by molar-refractivity contribution is 0.101. The number of rotatable bonds is 9. The Morgan fingerprint density at radius 3 is 2.37 bits per heavy atom. The predicted octanol–water partition coefficient (Wildman–Crippen LogP) is 2.72. The third kappa shape index (κ3) is 5.31. The maximum Gasteiger partial charge on any atom is 0.0716 e. The van der Waals surface area contributed by atoms with Crippen molar-refractivity contribution in [1.82, 2.24) is 5.32 Å². The van der Waals surface area contributed by atoms with Gasteiger partial charge in [-0.2, -0.15) is 0 Å². The van der Waals surface area contributed by atoms with Crippen molar-refractivity contribution < 1.29 is 9.84 Å². The van der Waals surface area contributed by atoms with Gasteiger partial charge in [0, 0.05) is 20.2 Å². The number of hydrogen-bond donors (Lipinski definition) is 2. The Morgan fingerprint density at radius 2 is 1.79 bits per heavy atom. The molecule has 1 aromatic carbocycles. The van der Waals surface area contributed by atoms with Crippen molar-refractivity contribution in [3.8, 4) is 0 Å². The van der Waals surface area contributed by atoms with Gasteiger partial charge >= 0.3 is 0 Å². The van der Waals surface area contributed by atoms with Crippen LogP contribution in [0.5, 0.6) is 0 Å². The van der Waals surface area contributed by atoms with E-state index in [0.717, 1.165) is 19.4 Å². The van der Waals surface area contributed by atoms with Gasteiger partial charge in [0.2, 0.25) is 0 Å². The van der Waals surface area contributed by atoms with Gasteiger partial charge in [0.15, 0.2) is 0 Å². The topological polar surface area (TPSA) is 41.5 Å². The number of ether oxygens (including phenoxy) is 1. The molecule has 0 aromatic heterocycles. The van der Waals surface area contributed by atoms with E-state index in [2.05, 4.69) is 31.3 Å². The molecule has 0 aliphatic heterocycles. The van der Waals surface area contributed by atoms with Crippen molar-refractivity contribution in [3.63, 3.8) is 0 Å². The average molecular weight is 265 g/mol. The fourth-order valence-electron chi connectivity index (χ4n) is 2.38. The van der Waals surface area contributed by atoms with Gasteiger partial charge in [0.05, 0.1) is 12.7 Å². The minimum Gasteiger partial charge on any atom is -0.392 e. The highest BCUT2D eigenvalue weighted by molar-refractivity contribution is 5.26. The molecule has 0 radical (unpaired) electrons. The molecule has 0 saturated carbocycles. The van der Waals surface area contributed by atoms with Crippen molar-refractivity contribution in [2.75, 3.05) is 13.7 Å². The highest BCUT2D eigenvalue weighted by atomic mass is 16.5. The quantitative estimate of drug-likeness (QED) is 0.721. The summed E-state index contributed by atoms with van der Waals surface area (Å²) in [5, 5.41) is 13.4. The number of aliphatic hydroxyl groups is 1. The molecule has 0 amide bonds. The van der Waals surface area contributed by atoms with E-state index in [9.17, 15) is 5.11 Å². The Bertz CT molecular complexity index is 350. The first kappa shape index (κ1) is 16.2. The molecular weight excluding hydrogens is 238 g/mol. The lowest BCUT2D eigenvalue weighted by atomic mass is 9.96. The van der Waals surface area contributed by atoms with Gasteiger partial charge in [0.25, 0.3) is 0 Å². The molecule has 1 atom stereocenters. The standard InChI is InChI=1S/C16H27NO2/c1-4-13(5-2)16(18)11-17-10-14-8-6-7-9-15(14)12-19-3/h6-9,13,16-18H,4-5,10-12H2,1-3H3. The Kier molecular flexibility index (Phi) is 7.72. The number of aliphatic hydroxyl groups excluding tert-OH is 1. The molecule has 0 aliphatic carbocycles. The van der Waals surface area contributed by atoms with Gasteiger partial charge in [0.1, 0.15) is 0 Å². The smallest absolute Gasteiger partial charge is 0.0716 e. The fraction of sp³-hybridized carbons (Fsp3) is 0.625. The largest absolute Gasteiger partial charge is 0.392 e. The molecule has 0 aliphatic rings. The van der Waals surface area contributed by atoms with Crippen LogP contribution in [0.2, 0.25) is 0 Å². The first-order valence-corrected chi connectivity index (χ1v) is 7.17. The zero-order valence-corrected chi connectivity index (χ0v) is 12.4. The van der Waals surface area contributed by atoms with E-state index in [1.807, 2.05) is 12.1 Å². The van der Waals surface area contributed by atoms with E-state index in [1.165, 1.54) is 11.1 Å². The molecule has 1 rings (SSSR count). The van der Waals surface area contributed by atoms with E-state index in [4.69, 9.17) is 4.74 Å². The predicted molar refractivity (Wildman–Crippen MR) is 78.9 cm³/mol. The summed E-state index contributed by atoms with van der Waals surface area (Å²) in [6, 6.07) is 8.24. The molecule has 108 valence electrons. The lowest BCUT2D eigenvalue weighted by Crippen LogP contribution is -2.32. The summed E-state index contributed by atoms with van der Waals surface area (Å²) in [4.78, 5) is 0. The van der Waals surface area contributed by atoms with Crippen LogP contribution in [0.15, 0.2) is 24.3 Å². The summed E-state index contributed by atoms with van der Waals surface area (Å²) < 4.78 is 5.19. The minimum absolute atomic E-state index is 0.260. The van der Waals surface area contributed by atoms with Crippen LogP contribution in [-0.2, 0) is 17.9 Å². The normalized spacial score (nSPS) is 12.9. The fourth-order valence-corrected chi connectivity index (χ4v) is 2.38. The maximum absolute atomic E-state index is 10.1. The highest BCUT2D eigenvalue weighted by Crippen LogP contribution is 2.13. The molecule has 3 nitrogen and oxygen atoms in total. The van der Waals surface area contributed by atoms with Gasteiger partial charge in [-0.25, -0.2) is 0 Å². The van der Waals surface area contributed by atoms with Crippen LogP contribution in [0.3, 0.4) is 0 Å². The summed E-state index contributed by atoms with van der Waals surface area (Å²) >= 11 is 0. The molecule has 0 heterocycles. The summed E-state index contributed by atoms with van der Waals surface area (Å²) in [5.74, 6) is 0.390. The van der Waals surface area contributed by atoms with Gasteiger partial charge in [-0.15, -0.1) is 0 Å². The summed E-state index contributed by atoms with van der Waals surface area (Å²) in [6.45, 7) is 6.31. The number of hydrogen-bond acceptors (Lipinski definition) is 3. The minimum atomic E-state index is -0.260. The van der Waals surface area contributed by atoms with E-state index in [1.54, 1.807) is 7.11 Å². The SMILES string of the molecule is CCC(CC)C(O)CNCc1ccccc1COC. The van der Waals surface area contributed by atoms with Crippen LogP contribution >= 0.6 is 0 Å². The van der Waals surface area contributed by atoms with Gasteiger partial charge in [-0.05, 0) is 17.0 Å². The highest BCUT2D eigenvalue weighted by Gasteiger charge is 2.14. The summed E-state index contributed by atoms with van der Waals surface area (Å²) in [6.07, 6.45) is 1.80. The molecule has 0 fully saturated rings. The Balaban J connectivity index is 2.44. The first-order valence-electron chi connectivity index (χ1n) is 7.17. The van der Waals surface area contributed by atoms with E-state index < -0.39 is 0 Å². The van der Waals surface area contributed by atoms with Crippen LogP contribution in [0.1, 0.15) is 37.8 Å². The summed E-state index contributed by atoms with van der Waals surface area (Å²) in [5.41, 5.74) is 2.44. The van der Waals surface area contributed by atoms with Crippen LogP contribution < -0.4 is 5.32 Å². The third-order valence-electron chi connectivity index (χ3n) is 3.68. The second-order valence-corrected chi connectivity index (χ2v) is 4.98. The molecular formula is C16H27NO2. The Labute approximate surface area is 117 Å². The van der Waals surface area contributed by atoms with Gasteiger partial charge < -0.3 is 15.2 Å². The average Bonchev–Trinajstić information content (AvgIpc) is 2.42. The maximum atomic E-state index is 10.1. The zero-order valence-electron chi connectivity index (χ0n) is 12.4. The van der Waals surface area contributed by atoms with E-state index >= 15 is 0 Å². The van der Waals surface area contributed by atoms with Gasteiger partial charge in [-0.3, -0.25) is 0 Å². The first-order chi connectivity index (χ1) is 9.22. The van der Waals surface area contributed by atoms with Gasteiger partial charge in [-0.1, -0.05) is 51.0 Å². The molecule has 0 saturated heterocycles. The molecule has 19 heavy (non-hydrogen) atoms. The number of methoxy groups -OCH3 is 1. The Hall–Kier alpha value is -0.900. The van der Waals surface area contributed by atoms with E-state index in [0.29, 0.717) is 19.1 Å². The molecule has 1 unspecified atom stereocenters. The van der Waals surface area contributed by atoms with Crippen molar-refractivity contribution in [3.05, 3.63) is 35.4 Å². The third-order valence-corrected chi connectivity index (χ3v) is 3.68. The van der Waals surface area contributed by atoms with Crippen LogP contribution in [0, 0.1) is 5.92 Å². The molecule has 1 aromatic rings. The van der Waals surface area contributed by atoms with Crippen molar-refractivity contribution in [1.29, 1.82) is 0 Å². The lowest BCUT2D eigenvalue weighted by Gasteiger charge is -2.20. The molecule has 3 heteroatoms. The van der Waals surface area contributed by atoms with Crippen LogP contribution in [-0.4, -0.2) is 24.9 Å². The summed E-state index contributed by atoms with van der Waals surface area (Å²) in [7, 11) is 1.71. The molecule has 0 spiro atoms. The van der Waals surface area contributed by atoms with Crippen molar-refractivity contribution in [2.24, 2.45) is 5.92 Å². The van der Waals surface area contributed by atoms with Crippen molar-refractivity contribution >= 4 is 0 Å². The second kappa shape index (κ2) is 9.08. The zero-order chi connectivity index (χ0) is 14.1. The second-order valence-electron chi connectivity index (χ2n) is 4.98. The number of nitrogens with one attached hydrogen (secondary N) is 1. The Morgan fingerprint density at radius 1 is 1.16 bits per heavy atom. The van der Waals surface area contributed by atoms with E-state index in [-0.39, 0.29) is 6.10 Å². The monoisotopic (exact) mass is 265 g/mol.